The summed E-state index contributed by atoms with van der Waals surface area (Å²) in [7, 11) is 0. The summed E-state index contributed by atoms with van der Waals surface area (Å²) < 4.78 is 0. The molecule has 2 heterocycles. The Kier molecular flexibility index (Phi) is 3.53. The highest BCUT2D eigenvalue weighted by Gasteiger charge is 2.00. The van der Waals surface area contributed by atoms with Crippen molar-refractivity contribution in [1.29, 1.82) is 0 Å². The van der Waals surface area contributed by atoms with Gasteiger partial charge in [-0.15, -0.1) is 0 Å². The summed E-state index contributed by atoms with van der Waals surface area (Å²) in [5, 5.41) is 7.78. The van der Waals surface area contributed by atoms with Gasteiger partial charge in [0.15, 0.2) is 11.0 Å². The van der Waals surface area contributed by atoms with Crippen molar-refractivity contribution in [2.45, 2.75) is 6.42 Å². The first-order valence-corrected chi connectivity index (χ1v) is 5.90. The number of nitrogens with one attached hydrogen (secondary N) is 1. The minimum Gasteiger partial charge on any atom is -0.367 e. The number of hydrogen-bond acceptors (Lipinski definition) is 4. The van der Waals surface area contributed by atoms with Crippen molar-refractivity contribution >= 4 is 28.8 Å². The highest BCUT2D eigenvalue weighted by Crippen LogP contribution is 2.14. The Hall–Kier alpha value is -1.13. The molecule has 0 saturated heterocycles. The van der Waals surface area contributed by atoms with E-state index in [0.29, 0.717) is 11.0 Å². The van der Waals surface area contributed by atoms with Crippen LogP contribution in [-0.2, 0) is 6.42 Å². The van der Waals surface area contributed by atoms with Gasteiger partial charge in [-0.3, -0.25) is 0 Å². The first kappa shape index (κ1) is 10.4. The Bertz CT molecular complexity index is 416. The van der Waals surface area contributed by atoms with Gasteiger partial charge < -0.3 is 5.32 Å². The van der Waals surface area contributed by atoms with Crippen LogP contribution in [0.15, 0.2) is 29.2 Å². The summed E-state index contributed by atoms with van der Waals surface area (Å²) in [5.74, 6) is 0.648. The third-order valence-corrected chi connectivity index (χ3v) is 2.95. The van der Waals surface area contributed by atoms with Gasteiger partial charge in [0.2, 0.25) is 0 Å². The first-order chi connectivity index (χ1) is 7.36. The van der Waals surface area contributed by atoms with Gasteiger partial charge >= 0.3 is 0 Å². The van der Waals surface area contributed by atoms with Gasteiger partial charge in [-0.25, -0.2) is 9.97 Å². The zero-order chi connectivity index (χ0) is 10.5. The molecule has 78 valence electrons. The van der Waals surface area contributed by atoms with Gasteiger partial charge in [0, 0.05) is 18.9 Å². The predicted molar refractivity (Wildman–Crippen MR) is 63.6 cm³/mol. The minimum absolute atomic E-state index is 0.419. The van der Waals surface area contributed by atoms with Gasteiger partial charge in [-0.2, -0.15) is 11.3 Å². The average molecular weight is 240 g/mol. The Labute approximate surface area is 97.2 Å². The molecule has 0 unspecified atom stereocenters. The average Bonchev–Trinajstić information content (AvgIpc) is 2.74. The van der Waals surface area contributed by atoms with Crippen molar-refractivity contribution in [3.63, 3.8) is 0 Å². The Balaban J connectivity index is 1.86. The molecule has 0 fully saturated rings. The molecule has 1 N–H and O–H groups in total. The van der Waals surface area contributed by atoms with E-state index in [1.807, 2.05) is 0 Å². The molecule has 0 aliphatic rings. The van der Waals surface area contributed by atoms with Gasteiger partial charge in [0.25, 0.3) is 0 Å². The number of halogens is 1. The maximum atomic E-state index is 5.85. The number of thiophene rings is 1. The van der Waals surface area contributed by atoms with Crippen molar-refractivity contribution in [2.24, 2.45) is 0 Å². The van der Waals surface area contributed by atoms with E-state index in [1.54, 1.807) is 23.7 Å². The van der Waals surface area contributed by atoms with Crippen LogP contribution in [0, 0.1) is 0 Å². The third kappa shape index (κ3) is 2.91. The molecule has 0 bridgehead atoms. The summed E-state index contributed by atoms with van der Waals surface area (Å²) in [4.78, 5) is 8.03. The first-order valence-electron chi connectivity index (χ1n) is 4.58. The van der Waals surface area contributed by atoms with Crippen LogP contribution >= 0.6 is 22.9 Å². The quantitative estimate of drug-likeness (QED) is 0.892. The number of nitrogens with zero attached hydrogens (tertiary/aromatic N) is 2. The molecule has 0 saturated carbocycles. The smallest absolute Gasteiger partial charge is 0.171 e. The predicted octanol–water partition coefficient (Wildman–Crippen LogP) is 2.85. The maximum absolute atomic E-state index is 5.85. The number of rotatable bonds is 4. The lowest BCUT2D eigenvalue weighted by Gasteiger charge is -2.04. The molecule has 0 amide bonds. The van der Waals surface area contributed by atoms with Crippen molar-refractivity contribution in [1.82, 2.24) is 9.97 Å². The van der Waals surface area contributed by atoms with Crippen molar-refractivity contribution in [2.75, 3.05) is 11.9 Å². The lowest BCUT2D eigenvalue weighted by Crippen LogP contribution is -2.06. The summed E-state index contributed by atoms with van der Waals surface area (Å²) in [5.41, 5.74) is 1.33. The molecular weight excluding hydrogens is 230 g/mol. The van der Waals surface area contributed by atoms with E-state index in [-0.39, 0.29) is 0 Å². The molecule has 0 spiro atoms. The molecule has 0 aromatic carbocycles. The van der Waals surface area contributed by atoms with Crippen LogP contribution < -0.4 is 5.32 Å². The summed E-state index contributed by atoms with van der Waals surface area (Å²) >= 11 is 7.56. The standard InChI is InChI=1S/C10H10ClN3S/c11-9-10(14-5-4-12-9)13-3-1-8-2-6-15-7-8/h2,4-7H,1,3H2,(H,13,14). The van der Waals surface area contributed by atoms with E-state index in [1.165, 1.54) is 5.56 Å². The fraction of sp³-hybridized carbons (Fsp3) is 0.200. The Morgan fingerprint density at radius 1 is 1.33 bits per heavy atom. The second kappa shape index (κ2) is 5.09. The van der Waals surface area contributed by atoms with Crippen LogP contribution in [0.5, 0.6) is 0 Å². The number of hydrogen-bond donors (Lipinski definition) is 1. The van der Waals surface area contributed by atoms with Crippen molar-refractivity contribution in [3.05, 3.63) is 39.9 Å². The fourth-order valence-corrected chi connectivity index (χ4v) is 2.07. The number of aromatic nitrogens is 2. The monoisotopic (exact) mass is 239 g/mol. The molecular formula is C10H10ClN3S. The summed E-state index contributed by atoms with van der Waals surface area (Å²) in [6.45, 7) is 0.815. The second-order valence-electron chi connectivity index (χ2n) is 3.00. The fourth-order valence-electron chi connectivity index (χ4n) is 1.20. The molecule has 2 aromatic rings. The molecule has 3 nitrogen and oxygen atoms in total. The largest absolute Gasteiger partial charge is 0.367 e. The summed E-state index contributed by atoms with van der Waals surface area (Å²) in [6, 6.07) is 2.12. The Morgan fingerprint density at radius 2 is 2.20 bits per heavy atom. The lowest BCUT2D eigenvalue weighted by atomic mass is 10.2. The van der Waals surface area contributed by atoms with Crippen LogP contribution in [0.25, 0.3) is 0 Å². The Morgan fingerprint density at radius 3 is 2.93 bits per heavy atom. The minimum atomic E-state index is 0.419. The zero-order valence-corrected chi connectivity index (χ0v) is 9.55. The molecule has 15 heavy (non-hydrogen) atoms. The SMILES string of the molecule is Clc1nccnc1NCCc1ccsc1. The van der Waals surface area contributed by atoms with E-state index in [2.05, 4.69) is 32.1 Å². The van der Waals surface area contributed by atoms with Gasteiger partial charge in [0.1, 0.15) is 0 Å². The summed E-state index contributed by atoms with van der Waals surface area (Å²) in [6.07, 6.45) is 4.17. The van der Waals surface area contributed by atoms with Crippen LogP contribution in [0.3, 0.4) is 0 Å². The molecule has 0 aliphatic carbocycles. The second-order valence-corrected chi connectivity index (χ2v) is 4.14. The van der Waals surface area contributed by atoms with Gasteiger partial charge in [0.05, 0.1) is 0 Å². The van der Waals surface area contributed by atoms with Gasteiger partial charge in [-0.05, 0) is 28.8 Å². The molecule has 2 rings (SSSR count). The maximum Gasteiger partial charge on any atom is 0.171 e. The highest BCUT2D eigenvalue weighted by molar-refractivity contribution is 7.07. The van der Waals surface area contributed by atoms with E-state index in [4.69, 9.17) is 11.6 Å². The zero-order valence-electron chi connectivity index (χ0n) is 7.98. The molecule has 0 atom stereocenters. The van der Waals surface area contributed by atoms with Crippen LogP contribution in [-0.4, -0.2) is 16.5 Å². The van der Waals surface area contributed by atoms with Crippen LogP contribution in [0.1, 0.15) is 5.56 Å². The normalized spacial score (nSPS) is 10.2. The van der Waals surface area contributed by atoms with E-state index in [9.17, 15) is 0 Å². The van der Waals surface area contributed by atoms with Crippen LogP contribution in [0.2, 0.25) is 5.15 Å². The molecule has 2 aromatic heterocycles. The van der Waals surface area contributed by atoms with Crippen molar-refractivity contribution in [3.8, 4) is 0 Å². The highest BCUT2D eigenvalue weighted by atomic mass is 35.5. The third-order valence-electron chi connectivity index (χ3n) is 1.94. The molecule has 0 radical (unpaired) electrons. The molecule has 5 heteroatoms. The van der Waals surface area contributed by atoms with Crippen molar-refractivity contribution < 1.29 is 0 Å². The van der Waals surface area contributed by atoms with Crippen LogP contribution in [0.4, 0.5) is 5.82 Å². The van der Waals surface area contributed by atoms with Gasteiger partial charge in [-0.1, -0.05) is 11.6 Å². The lowest BCUT2D eigenvalue weighted by molar-refractivity contribution is 1.01. The van der Waals surface area contributed by atoms with E-state index >= 15 is 0 Å². The number of anilines is 1. The molecule has 0 aliphatic heterocycles. The topological polar surface area (TPSA) is 37.8 Å². The van der Waals surface area contributed by atoms with E-state index in [0.717, 1.165) is 13.0 Å². The van der Waals surface area contributed by atoms with E-state index < -0.39 is 0 Å².